The quantitative estimate of drug-likeness (QED) is 0.464. The maximum absolute atomic E-state index is 11.0. The summed E-state index contributed by atoms with van der Waals surface area (Å²) >= 11 is 0. The fraction of sp³-hybridized carbons (Fsp3) is 0.875. The van der Waals surface area contributed by atoms with Gasteiger partial charge in [0.15, 0.2) is 0 Å². The largest absolute Gasteiger partial charge is 0.464 e. The Hall–Kier alpha value is -0.650. The summed E-state index contributed by atoms with van der Waals surface area (Å²) in [6.07, 6.45) is 1.76. The Bertz CT molecular complexity index is 191. The van der Waals surface area contributed by atoms with Crippen molar-refractivity contribution in [3.63, 3.8) is 0 Å². The van der Waals surface area contributed by atoms with Gasteiger partial charge < -0.3 is 20.7 Å². The van der Waals surface area contributed by atoms with Crippen molar-refractivity contribution >= 4 is 5.97 Å². The van der Waals surface area contributed by atoms with Gasteiger partial charge in [-0.25, -0.2) is 0 Å². The summed E-state index contributed by atoms with van der Waals surface area (Å²) in [7, 11) is 0. The van der Waals surface area contributed by atoms with Crippen molar-refractivity contribution in [2.75, 3.05) is 19.8 Å². The van der Waals surface area contributed by atoms with E-state index in [9.17, 15) is 4.79 Å². The number of hydrogen-bond donors (Lipinski definition) is 3. The summed E-state index contributed by atoms with van der Waals surface area (Å²) in [5, 5.41) is 17.4. The lowest BCUT2D eigenvalue weighted by molar-refractivity contribution is -0.148. The van der Waals surface area contributed by atoms with Crippen LogP contribution in [-0.2, 0) is 9.53 Å². The van der Waals surface area contributed by atoms with Crippen molar-refractivity contribution in [2.24, 2.45) is 11.1 Å². The van der Waals surface area contributed by atoms with Gasteiger partial charge in [-0.15, -0.1) is 0 Å². The van der Waals surface area contributed by atoms with E-state index in [0.717, 1.165) is 12.8 Å². The Morgan fingerprint density at radius 1 is 1.54 bits per heavy atom. The van der Waals surface area contributed by atoms with Gasteiger partial charge in [-0.05, 0) is 12.8 Å². The molecule has 1 saturated carbocycles. The number of nitrogens with two attached hydrogens (primary N) is 1. The lowest BCUT2D eigenvalue weighted by Gasteiger charge is -2.13. The van der Waals surface area contributed by atoms with Crippen LogP contribution >= 0.6 is 0 Å². The number of hydrogen-bond acceptors (Lipinski definition) is 5. The van der Waals surface area contributed by atoms with Gasteiger partial charge in [-0.3, -0.25) is 4.79 Å². The SMILES string of the molecule is NC(CO)C(=O)OCC1(CO)CC1. The molecule has 13 heavy (non-hydrogen) atoms. The molecule has 0 aromatic carbocycles. The van der Waals surface area contributed by atoms with Crippen LogP contribution < -0.4 is 5.73 Å². The molecule has 5 nitrogen and oxygen atoms in total. The molecule has 5 heteroatoms. The smallest absolute Gasteiger partial charge is 0.325 e. The number of esters is 1. The number of carbonyl (C=O) groups excluding carboxylic acids is 1. The first-order valence-corrected chi connectivity index (χ1v) is 4.27. The molecular formula is C8H15NO4. The summed E-state index contributed by atoms with van der Waals surface area (Å²) in [5.41, 5.74) is 5.00. The molecule has 4 N–H and O–H groups in total. The number of aliphatic hydroxyl groups is 2. The third-order valence-electron chi connectivity index (χ3n) is 2.31. The third-order valence-corrected chi connectivity index (χ3v) is 2.31. The maximum Gasteiger partial charge on any atom is 0.325 e. The highest BCUT2D eigenvalue weighted by atomic mass is 16.5. The first-order chi connectivity index (χ1) is 6.13. The van der Waals surface area contributed by atoms with Crippen LogP contribution in [0, 0.1) is 5.41 Å². The van der Waals surface area contributed by atoms with Crippen molar-refractivity contribution < 1.29 is 19.7 Å². The molecule has 1 fully saturated rings. The van der Waals surface area contributed by atoms with E-state index < -0.39 is 18.6 Å². The molecule has 1 unspecified atom stereocenters. The Labute approximate surface area is 76.5 Å². The molecule has 1 rings (SSSR count). The van der Waals surface area contributed by atoms with Crippen molar-refractivity contribution in [3.05, 3.63) is 0 Å². The van der Waals surface area contributed by atoms with E-state index in [4.69, 9.17) is 20.7 Å². The van der Waals surface area contributed by atoms with Gasteiger partial charge in [0.05, 0.1) is 19.8 Å². The fourth-order valence-electron chi connectivity index (χ4n) is 0.931. The van der Waals surface area contributed by atoms with E-state index in [1.165, 1.54) is 0 Å². The van der Waals surface area contributed by atoms with Crippen LogP contribution in [0.3, 0.4) is 0 Å². The molecule has 0 saturated heterocycles. The molecule has 1 atom stereocenters. The number of rotatable bonds is 5. The van der Waals surface area contributed by atoms with Gasteiger partial charge in [0.25, 0.3) is 0 Å². The molecule has 0 radical (unpaired) electrons. The predicted molar refractivity (Wildman–Crippen MR) is 44.8 cm³/mol. The molecule has 0 aromatic rings. The standard InChI is InChI=1S/C8H15NO4/c9-6(3-10)7(12)13-5-8(4-11)1-2-8/h6,10-11H,1-5,9H2. The zero-order chi connectivity index (χ0) is 9.90. The van der Waals surface area contributed by atoms with E-state index in [1.54, 1.807) is 0 Å². The third kappa shape index (κ3) is 2.65. The van der Waals surface area contributed by atoms with Crippen LogP contribution in [0.1, 0.15) is 12.8 Å². The molecule has 0 amide bonds. The lowest BCUT2D eigenvalue weighted by Crippen LogP contribution is -2.36. The zero-order valence-corrected chi connectivity index (χ0v) is 7.40. The minimum Gasteiger partial charge on any atom is -0.464 e. The second-order valence-corrected chi connectivity index (χ2v) is 3.55. The molecule has 0 heterocycles. The van der Waals surface area contributed by atoms with E-state index in [1.807, 2.05) is 0 Å². The van der Waals surface area contributed by atoms with Crippen LogP contribution in [0.25, 0.3) is 0 Å². The van der Waals surface area contributed by atoms with Crippen LogP contribution in [0.15, 0.2) is 0 Å². The molecule has 0 aliphatic heterocycles. The Morgan fingerprint density at radius 3 is 2.54 bits per heavy atom. The Balaban J connectivity index is 2.22. The minimum absolute atomic E-state index is 0.0364. The fourth-order valence-corrected chi connectivity index (χ4v) is 0.931. The average molecular weight is 189 g/mol. The summed E-state index contributed by atoms with van der Waals surface area (Å²) in [5.74, 6) is -0.609. The first kappa shape index (κ1) is 10.4. The average Bonchev–Trinajstić information content (AvgIpc) is 2.93. The van der Waals surface area contributed by atoms with E-state index in [-0.39, 0.29) is 18.6 Å². The Kier molecular flexibility index (Phi) is 3.24. The topological polar surface area (TPSA) is 92.8 Å². The van der Waals surface area contributed by atoms with Crippen LogP contribution in [0.5, 0.6) is 0 Å². The summed E-state index contributed by atoms with van der Waals surface area (Å²) in [6.45, 7) is -0.171. The molecule has 1 aliphatic carbocycles. The van der Waals surface area contributed by atoms with E-state index >= 15 is 0 Å². The van der Waals surface area contributed by atoms with E-state index in [0.29, 0.717) is 0 Å². The number of ether oxygens (including phenoxy) is 1. The molecule has 1 aliphatic rings. The molecule has 0 spiro atoms. The van der Waals surface area contributed by atoms with Crippen molar-refractivity contribution in [1.29, 1.82) is 0 Å². The van der Waals surface area contributed by atoms with Crippen molar-refractivity contribution in [1.82, 2.24) is 0 Å². The first-order valence-electron chi connectivity index (χ1n) is 4.27. The van der Waals surface area contributed by atoms with Gasteiger partial charge >= 0.3 is 5.97 Å². The van der Waals surface area contributed by atoms with Crippen LogP contribution in [-0.4, -0.2) is 42.0 Å². The van der Waals surface area contributed by atoms with Gasteiger partial charge in [0.2, 0.25) is 0 Å². The van der Waals surface area contributed by atoms with Crippen molar-refractivity contribution in [3.8, 4) is 0 Å². The van der Waals surface area contributed by atoms with Gasteiger partial charge in [-0.2, -0.15) is 0 Å². The lowest BCUT2D eigenvalue weighted by atomic mass is 10.1. The number of carbonyl (C=O) groups is 1. The minimum atomic E-state index is -0.963. The van der Waals surface area contributed by atoms with Crippen LogP contribution in [0.2, 0.25) is 0 Å². The monoisotopic (exact) mass is 189 g/mol. The highest BCUT2D eigenvalue weighted by Crippen LogP contribution is 2.45. The van der Waals surface area contributed by atoms with Crippen LogP contribution in [0.4, 0.5) is 0 Å². The second-order valence-electron chi connectivity index (χ2n) is 3.55. The Morgan fingerprint density at radius 2 is 2.15 bits per heavy atom. The predicted octanol–water partition coefficient (Wildman–Crippen LogP) is -1.38. The normalized spacial score (nSPS) is 20.8. The zero-order valence-electron chi connectivity index (χ0n) is 7.40. The maximum atomic E-state index is 11.0. The molecular weight excluding hydrogens is 174 g/mol. The summed E-state index contributed by atoms with van der Waals surface area (Å²) in [6, 6.07) is -0.963. The van der Waals surface area contributed by atoms with Crippen molar-refractivity contribution in [2.45, 2.75) is 18.9 Å². The summed E-state index contributed by atoms with van der Waals surface area (Å²) < 4.78 is 4.83. The highest BCUT2D eigenvalue weighted by molar-refractivity contribution is 5.75. The highest BCUT2D eigenvalue weighted by Gasteiger charge is 2.43. The second kappa shape index (κ2) is 4.04. The van der Waals surface area contributed by atoms with Gasteiger partial charge in [0.1, 0.15) is 6.04 Å². The van der Waals surface area contributed by atoms with E-state index in [2.05, 4.69) is 0 Å². The summed E-state index contributed by atoms with van der Waals surface area (Å²) in [4.78, 5) is 11.0. The molecule has 76 valence electrons. The molecule has 0 aromatic heterocycles. The molecule has 0 bridgehead atoms. The van der Waals surface area contributed by atoms with Gasteiger partial charge in [-0.1, -0.05) is 0 Å². The number of aliphatic hydroxyl groups excluding tert-OH is 2. The van der Waals surface area contributed by atoms with Gasteiger partial charge in [0, 0.05) is 5.41 Å².